The topological polar surface area (TPSA) is 82.3 Å². The third-order valence-corrected chi connectivity index (χ3v) is 5.56. The molecule has 162 valence electrons. The maximum atomic E-state index is 13.0. The lowest BCUT2D eigenvalue weighted by molar-refractivity contribution is 0.0854. The molecule has 0 aliphatic carbocycles. The zero-order chi connectivity index (χ0) is 21.8. The second kappa shape index (κ2) is 9.53. The Hall–Kier alpha value is -2.84. The van der Waals surface area contributed by atoms with Gasteiger partial charge >= 0.3 is 0 Å². The molecule has 1 amide bonds. The Bertz CT molecular complexity index is 1170. The molecule has 3 aromatic rings. The second-order valence-corrected chi connectivity index (χ2v) is 8.06. The van der Waals surface area contributed by atoms with Gasteiger partial charge in [-0.25, -0.2) is 4.99 Å². The standard InChI is InChI=1S/C23H23BrN2O5/c1-28-20-8-6-16(12-21(20)29-2)26-23-18(22(27)25-13-17-4-3-9-30-17)11-14-10-15(24)5-7-19(14)31-23/h5-8,10-12,17H,3-4,9,13H2,1-2H3,(H,25,27). The minimum absolute atomic E-state index is 0.0433. The highest BCUT2D eigenvalue weighted by Crippen LogP contribution is 2.31. The summed E-state index contributed by atoms with van der Waals surface area (Å²) < 4.78 is 23.2. The van der Waals surface area contributed by atoms with Crippen LogP contribution in [0.25, 0.3) is 11.0 Å². The van der Waals surface area contributed by atoms with Crippen LogP contribution in [0.15, 0.2) is 56.3 Å². The van der Waals surface area contributed by atoms with E-state index >= 15 is 0 Å². The summed E-state index contributed by atoms with van der Waals surface area (Å²) in [5.41, 5.74) is 1.76. The van der Waals surface area contributed by atoms with E-state index < -0.39 is 0 Å². The molecule has 1 saturated heterocycles. The Kier molecular flexibility index (Phi) is 6.58. The van der Waals surface area contributed by atoms with E-state index in [0.29, 0.717) is 34.9 Å². The van der Waals surface area contributed by atoms with Crippen LogP contribution < -0.4 is 20.3 Å². The third kappa shape index (κ3) is 4.91. The number of amides is 1. The van der Waals surface area contributed by atoms with Crippen molar-refractivity contribution < 1.29 is 23.4 Å². The van der Waals surface area contributed by atoms with Crippen LogP contribution in [-0.4, -0.2) is 39.4 Å². The van der Waals surface area contributed by atoms with Crippen molar-refractivity contribution in [2.24, 2.45) is 4.99 Å². The Balaban J connectivity index is 1.76. The van der Waals surface area contributed by atoms with E-state index in [9.17, 15) is 4.79 Å². The molecule has 1 aromatic heterocycles. The van der Waals surface area contributed by atoms with Crippen molar-refractivity contribution in [3.05, 3.63) is 58.1 Å². The van der Waals surface area contributed by atoms with Gasteiger partial charge in [-0.1, -0.05) is 15.9 Å². The Labute approximate surface area is 188 Å². The number of benzene rings is 2. The predicted molar refractivity (Wildman–Crippen MR) is 120 cm³/mol. The fraction of sp³-hybridized carbons (Fsp3) is 0.304. The number of methoxy groups -OCH3 is 2. The highest BCUT2D eigenvalue weighted by molar-refractivity contribution is 9.10. The molecule has 4 rings (SSSR count). The molecule has 0 spiro atoms. The van der Waals surface area contributed by atoms with Crippen LogP contribution in [-0.2, 0) is 4.74 Å². The van der Waals surface area contributed by atoms with Gasteiger partial charge in [-0.05, 0) is 49.2 Å². The third-order valence-electron chi connectivity index (χ3n) is 5.07. The monoisotopic (exact) mass is 486 g/mol. The van der Waals surface area contributed by atoms with Gasteiger partial charge in [-0.2, -0.15) is 0 Å². The zero-order valence-electron chi connectivity index (χ0n) is 17.3. The number of hydrogen-bond acceptors (Lipinski definition) is 6. The van der Waals surface area contributed by atoms with Gasteiger partial charge in [-0.3, -0.25) is 4.79 Å². The normalized spacial score (nSPS) is 16.5. The van der Waals surface area contributed by atoms with Crippen LogP contribution in [0.2, 0.25) is 0 Å². The largest absolute Gasteiger partial charge is 0.493 e. The molecule has 8 heteroatoms. The lowest BCUT2D eigenvalue weighted by Gasteiger charge is -2.11. The summed E-state index contributed by atoms with van der Waals surface area (Å²) >= 11 is 3.46. The Morgan fingerprint density at radius 2 is 2.00 bits per heavy atom. The molecule has 0 radical (unpaired) electrons. The first-order valence-corrected chi connectivity index (χ1v) is 10.8. The smallest absolute Gasteiger partial charge is 0.256 e. The molecule has 2 heterocycles. The van der Waals surface area contributed by atoms with Crippen LogP contribution >= 0.6 is 15.9 Å². The summed E-state index contributed by atoms with van der Waals surface area (Å²) in [5, 5.41) is 3.74. The van der Waals surface area contributed by atoms with Crippen LogP contribution in [0.5, 0.6) is 11.5 Å². The number of fused-ring (bicyclic) bond motifs is 1. The summed E-state index contributed by atoms with van der Waals surface area (Å²) in [6.45, 7) is 1.19. The Morgan fingerprint density at radius 3 is 2.74 bits per heavy atom. The first-order valence-electron chi connectivity index (χ1n) is 9.97. The van der Waals surface area contributed by atoms with Gasteiger partial charge in [0.05, 0.1) is 26.0 Å². The molecule has 7 nitrogen and oxygen atoms in total. The molecular formula is C23H23BrN2O5. The first kappa shape index (κ1) is 21.4. The molecule has 1 unspecified atom stereocenters. The van der Waals surface area contributed by atoms with Crippen molar-refractivity contribution in [3.63, 3.8) is 0 Å². The van der Waals surface area contributed by atoms with Gasteiger partial charge in [0, 0.05) is 29.1 Å². The molecule has 31 heavy (non-hydrogen) atoms. The van der Waals surface area contributed by atoms with E-state index in [2.05, 4.69) is 26.2 Å². The maximum Gasteiger partial charge on any atom is 0.256 e. The van der Waals surface area contributed by atoms with Crippen molar-refractivity contribution in [2.75, 3.05) is 27.4 Å². The van der Waals surface area contributed by atoms with Gasteiger partial charge in [0.2, 0.25) is 5.55 Å². The van der Waals surface area contributed by atoms with Gasteiger partial charge in [0.15, 0.2) is 11.5 Å². The molecule has 0 saturated carbocycles. The highest BCUT2D eigenvalue weighted by atomic mass is 79.9. The first-order chi connectivity index (χ1) is 15.1. The predicted octanol–water partition coefficient (Wildman–Crippen LogP) is 4.35. The Morgan fingerprint density at radius 1 is 1.16 bits per heavy atom. The molecule has 2 aromatic carbocycles. The van der Waals surface area contributed by atoms with Gasteiger partial charge < -0.3 is 23.9 Å². The summed E-state index contributed by atoms with van der Waals surface area (Å²) in [6, 6.07) is 12.7. The molecule has 1 N–H and O–H groups in total. The van der Waals surface area contributed by atoms with Crippen molar-refractivity contribution in [3.8, 4) is 11.5 Å². The SMILES string of the molecule is COc1ccc(N=c2oc3ccc(Br)cc3cc2C(=O)NCC2CCCO2)cc1OC. The number of nitrogens with zero attached hydrogens (tertiary/aromatic N) is 1. The average Bonchev–Trinajstić information content (AvgIpc) is 3.30. The number of halogens is 1. The molecule has 1 fully saturated rings. The average molecular weight is 487 g/mol. The maximum absolute atomic E-state index is 13.0. The zero-order valence-corrected chi connectivity index (χ0v) is 18.9. The van der Waals surface area contributed by atoms with E-state index in [1.807, 2.05) is 18.2 Å². The molecular weight excluding hydrogens is 464 g/mol. The van der Waals surface area contributed by atoms with Crippen molar-refractivity contribution in [1.29, 1.82) is 0 Å². The highest BCUT2D eigenvalue weighted by Gasteiger charge is 2.19. The summed E-state index contributed by atoms with van der Waals surface area (Å²) in [6.07, 6.45) is 2.00. The van der Waals surface area contributed by atoms with Crippen molar-refractivity contribution >= 4 is 38.5 Å². The minimum Gasteiger partial charge on any atom is -0.493 e. The lowest BCUT2D eigenvalue weighted by atomic mass is 10.1. The number of nitrogens with one attached hydrogen (secondary N) is 1. The number of ether oxygens (including phenoxy) is 3. The van der Waals surface area contributed by atoms with Crippen LogP contribution in [0.3, 0.4) is 0 Å². The number of carbonyl (C=O) groups is 1. The fourth-order valence-electron chi connectivity index (χ4n) is 3.47. The quantitative estimate of drug-likeness (QED) is 0.559. The van der Waals surface area contributed by atoms with Gasteiger partial charge in [-0.15, -0.1) is 0 Å². The molecule has 1 aliphatic heterocycles. The van der Waals surface area contributed by atoms with E-state index in [-0.39, 0.29) is 17.6 Å². The van der Waals surface area contributed by atoms with E-state index in [0.717, 1.165) is 29.3 Å². The van der Waals surface area contributed by atoms with E-state index in [4.69, 9.17) is 18.6 Å². The van der Waals surface area contributed by atoms with Gasteiger partial charge in [0.25, 0.3) is 5.91 Å². The number of hydrogen-bond donors (Lipinski definition) is 1. The number of carbonyl (C=O) groups excluding carboxylic acids is 1. The molecule has 1 aliphatic rings. The summed E-state index contributed by atoms with van der Waals surface area (Å²) in [7, 11) is 3.13. The van der Waals surface area contributed by atoms with Gasteiger partial charge in [0.1, 0.15) is 11.1 Å². The van der Waals surface area contributed by atoms with Crippen LogP contribution in [0.4, 0.5) is 5.69 Å². The molecule has 0 bridgehead atoms. The second-order valence-electron chi connectivity index (χ2n) is 7.14. The van der Waals surface area contributed by atoms with E-state index in [1.54, 1.807) is 38.5 Å². The molecule has 1 atom stereocenters. The number of rotatable bonds is 6. The van der Waals surface area contributed by atoms with Crippen LogP contribution in [0.1, 0.15) is 23.2 Å². The van der Waals surface area contributed by atoms with Crippen molar-refractivity contribution in [1.82, 2.24) is 5.32 Å². The summed E-state index contributed by atoms with van der Waals surface area (Å²) in [4.78, 5) is 17.6. The van der Waals surface area contributed by atoms with E-state index in [1.165, 1.54) is 0 Å². The van der Waals surface area contributed by atoms with Crippen molar-refractivity contribution in [2.45, 2.75) is 18.9 Å². The summed E-state index contributed by atoms with van der Waals surface area (Å²) in [5.74, 6) is 0.870. The fourth-order valence-corrected chi connectivity index (χ4v) is 3.84. The minimum atomic E-state index is -0.264. The van der Waals surface area contributed by atoms with Crippen LogP contribution in [0, 0.1) is 0 Å². The lowest BCUT2D eigenvalue weighted by Crippen LogP contribution is -2.34.